The number of halogens is 2. The molecule has 3 aliphatic rings. The fourth-order valence-corrected chi connectivity index (χ4v) is 4.45. The van der Waals surface area contributed by atoms with Gasteiger partial charge in [0.1, 0.15) is 0 Å². The van der Waals surface area contributed by atoms with Crippen molar-refractivity contribution < 1.29 is 14.3 Å². The summed E-state index contributed by atoms with van der Waals surface area (Å²) in [5.41, 5.74) is 0.448. The highest BCUT2D eigenvalue weighted by Crippen LogP contribution is 2.51. The fourth-order valence-electron chi connectivity index (χ4n) is 3.93. The summed E-state index contributed by atoms with van der Waals surface area (Å²) in [4.78, 5) is 26.6. The minimum Gasteiger partial charge on any atom is -0.373 e. The number of nitrogens with zero attached hydrogens (tertiary/aromatic N) is 1. The van der Waals surface area contributed by atoms with Gasteiger partial charge in [0.05, 0.1) is 29.7 Å². The molecule has 3 fully saturated rings. The summed E-state index contributed by atoms with van der Waals surface area (Å²) < 4.78 is 5.80. The van der Waals surface area contributed by atoms with E-state index >= 15 is 0 Å². The molecule has 1 aromatic carbocycles. The third-order valence-corrected chi connectivity index (χ3v) is 5.19. The third-order valence-electron chi connectivity index (χ3n) is 4.75. The van der Waals surface area contributed by atoms with Gasteiger partial charge in [-0.1, -0.05) is 30.1 Å². The van der Waals surface area contributed by atoms with Gasteiger partial charge in [0.25, 0.3) is 0 Å². The zero-order chi connectivity index (χ0) is 14.9. The van der Waals surface area contributed by atoms with Crippen LogP contribution in [0, 0.1) is 17.8 Å². The van der Waals surface area contributed by atoms with Crippen molar-refractivity contribution in [1.29, 1.82) is 0 Å². The Bertz CT molecular complexity index is 642. The SMILES string of the molecule is C[C@@H]1CC2OC1[C@H]1C(=O)N(c3cc(Cl)cc(Cl)c3)C(=O)[C@@H]21. The molecule has 3 saturated heterocycles. The van der Waals surface area contributed by atoms with Crippen LogP contribution in [0.2, 0.25) is 10.0 Å². The first-order valence-electron chi connectivity index (χ1n) is 6.97. The van der Waals surface area contributed by atoms with E-state index in [9.17, 15) is 9.59 Å². The minimum atomic E-state index is -0.357. The molecule has 5 atom stereocenters. The molecular weight excluding hydrogens is 313 g/mol. The summed E-state index contributed by atoms with van der Waals surface area (Å²) >= 11 is 12.0. The minimum absolute atomic E-state index is 0.133. The van der Waals surface area contributed by atoms with Crippen LogP contribution in [0.25, 0.3) is 0 Å². The number of carbonyl (C=O) groups excluding carboxylic acids is 2. The van der Waals surface area contributed by atoms with Crippen molar-refractivity contribution in [3.8, 4) is 0 Å². The molecule has 0 aromatic heterocycles. The van der Waals surface area contributed by atoms with Gasteiger partial charge in [-0.3, -0.25) is 9.59 Å². The van der Waals surface area contributed by atoms with Crippen molar-refractivity contribution in [2.24, 2.45) is 17.8 Å². The van der Waals surface area contributed by atoms with Crippen LogP contribution < -0.4 is 4.90 Å². The first-order valence-corrected chi connectivity index (χ1v) is 7.72. The third kappa shape index (κ3) is 1.79. The number of anilines is 1. The van der Waals surface area contributed by atoms with E-state index < -0.39 is 0 Å². The van der Waals surface area contributed by atoms with Crippen LogP contribution in [0.4, 0.5) is 5.69 Å². The lowest BCUT2D eigenvalue weighted by Gasteiger charge is -2.21. The number of hydrogen-bond acceptors (Lipinski definition) is 3. The van der Waals surface area contributed by atoms with Crippen molar-refractivity contribution in [3.05, 3.63) is 28.2 Å². The summed E-state index contributed by atoms with van der Waals surface area (Å²) in [6.07, 6.45) is 0.567. The molecule has 0 spiro atoms. The Balaban J connectivity index is 1.75. The number of carbonyl (C=O) groups is 2. The van der Waals surface area contributed by atoms with Crippen LogP contribution in [0.15, 0.2) is 18.2 Å². The molecular formula is C15H13Cl2NO3. The van der Waals surface area contributed by atoms with E-state index in [4.69, 9.17) is 27.9 Å². The molecule has 4 rings (SSSR count). The summed E-state index contributed by atoms with van der Waals surface area (Å²) in [5.74, 6) is -0.776. The van der Waals surface area contributed by atoms with E-state index in [1.54, 1.807) is 18.2 Å². The molecule has 2 unspecified atom stereocenters. The van der Waals surface area contributed by atoms with Crippen LogP contribution >= 0.6 is 23.2 Å². The van der Waals surface area contributed by atoms with Gasteiger partial charge in [-0.05, 0) is 30.5 Å². The number of benzene rings is 1. The number of hydrogen-bond donors (Lipinski definition) is 0. The van der Waals surface area contributed by atoms with Crippen molar-refractivity contribution >= 4 is 40.7 Å². The van der Waals surface area contributed by atoms with Crippen molar-refractivity contribution in [2.75, 3.05) is 4.90 Å². The number of imide groups is 1. The molecule has 0 radical (unpaired) electrons. The average molecular weight is 326 g/mol. The number of amides is 2. The lowest BCUT2D eigenvalue weighted by atomic mass is 9.76. The van der Waals surface area contributed by atoms with Crippen LogP contribution in [-0.4, -0.2) is 24.0 Å². The number of ether oxygens (including phenoxy) is 1. The van der Waals surface area contributed by atoms with Crippen molar-refractivity contribution in [3.63, 3.8) is 0 Å². The summed E-state index contributed by atoms with van der Waals surface area (Å²) in [6, 6.07) is 4.76. The molecule has 0 N–H and O–H groups in total. The number of fused-ring (bicyclic) bond motifs is 5. The van der Waals surface area contributed by atoms with Gasteiger partial charge in [-0.25, -0.2) is 4.90 Å². The molecule has 3 heterocycles. The fraction of sp³-hybridized carbons (Fsp3) is 0.467. The highest BCUT2D eigenvalue weighted by molar-refractivity contribution is 6.35. The Morgan fingerprint density at radius 1 is 1.10 bits per heavy atom. The van der Waals surface area contributed by atoms with Gasteiger partial charge in [-0.15, -0.1) is 0 Å². The summed E-state index contributed by atoms with van der Waals surface area (Å²) in [6.45, 7) is 2.07. The van der Waals surface area contributed by atoms with E-state index in [0.29, 0.717) is 21.7 Å². The Hall–Kier alpha value is -1.10. The highest BCUT2D eigenvalue weighted by Gasteiger charge is 2.64. The van der Waals surface area contributed by atoms with E-state index in [-0.39, 0.29) is 35.9 Å². The van der Waals surface area contributed by atoms with Gasteiger partial charge in [-0.2, -0.15) is 0 Å². The predicted octanol–water partition coefficient (Wildman–Crippen LogP) is 2.91. The zero-order valence-electron chi connectivity index (χ0n) is 11.3. The van der Waals surface area contributed by atoms with Gasteiger partial charge < -0.3 is 4.74 Å². The van der Waals surface area contributed by atoms with Gasteiger partial charge in [0.2, 0.25) is 11.8 Å². The second-order valence-electron chi connectivity index (χ2n) is 6.04. The predicted molar refractivity (Wildman–Crippen MR) is 78.4 cm³/mol. The van der Waals surface area contributed by atoms with E-state index in [0.717, 1.165) is 6.42 Å². The van der Waals surface area contributed by atoms with E-state index in [2.05, 4.69) is 6.92 Å². The van der Waals surface area contributed by atoms with Gasteiger partial charge in [0.15, 0.2) is 0 Å². The molecule has 6 heteroatoms. The van der Waals surface area contributed by atoms with Crippen molar-refractivity contribution in [1.82, 2.24) is 0 Å². The van der Waals surface area contributed by atoms with Gasteiger partial charge in [0, 0.05) is 10.0 Å². The quantitative estimate of drug-likeness (QED) is 0.746. The second-order valence-corrected chi connectivity index (χ2v) is 6.92. The van der Waals surface area contributed by atoms with Crippen LogP contribution in [0.3, 0.4) is 0 Å². The highest BCUT2D eigenvalue weighted by atomic mass is 35.5. The maximum Gasteiger partial charge on any atom is 0.240 e. The maximum atomic E-state index is 12.7. The smallest absolute Gasteiger partial charge is 0.240 e. The molecule has 0 aliphatic carbocycles. The topological polar surface area (TPSA) is 46.6 Å². The molecule has 4 nitrogen and oxygen atoms in total. The standard InChI is InChI=1S/C15H13Cl2NO3/c1-6-2-10-11-12(13(6)21-10)15(20)18(14(11)19)9-4-7(16)3-8(17)5-9/h3-6,10-13H,2H2,1H3/t6-,10?,11+,12+,13?/m1/s1. The Labute approximate surface area is 132 Å². The molecule has 21 heavy (non-hydrogen) atoms. The monoisotopic (exact) mass is 325 g/mol. The van der Waals surface area contributed by atoms with E-state index in [1.165, 1.54) is 4.90 Å². The lowest BCUT2D eigenvalue weighted by molar-refractivity contribution is -0.125. The second kappa shape index (κ2) is 4.45. The normalized spacial score (nSPS) is 37.5. The van der Waals surface area contributed by atoms with Gasteiger partial charge >= 0.3 is 0 Å². The average Bonchev–Trinajstić information content (AvgIpc) is 3.00. The molecule has 1 aromatic rings. The lowest BCUT2D eigenvalue weighted by Crippen LogP contribution is -2.35. The van der Waals surface area contributed by atoms with Crippen LogP contribution in [0.1, 0.15) is 13.3 Å². The first kappa shape index (κ1) is 13.6. The Kier molecular flexibility index (Phi) is 2.87. The Morgan fingerprint density at radius 3 is 2.38 bits per heavy atom. The molecule has 110 valence electrons. The number of rotatable bonds is 1. The Morgan fingerprint density at radius 2 is 1.71 bits per heavy atom. The van der Waals surface area contributed by atoms with Crippen molar-refractivity contribution in [2.45, 2.75) is 25.6 Å². The molecule has 3 aliphatic heterocycles. The molecule has 2 bridgehead atoms. The largest absolute Gasteiger partial charge is 0.373 e. The zero-order valence-corrected chi connectivity index (χ0v) is 12.8. The first-order chi connectivity index (χ1) is 9.97. The molecule has 2 amide bonds. The van der Waals surface area contributed by atoms with E-state index in [1.807, 2.05) is 0 Å². The van der Waals surface area contributed by atoms with Crippen LogP contribution in [-0.2, 0) is 14.3 Å². The summed E-state index contributed by atoms with van der Waals surface area (Å²) in [5, 5.41) is 0.811. The maximum absolute atomic E-state index is 12.7. The van der Waals surface area contributed by atoms with Crippen LogP contribution in [0.5, 0.6) is 0 Å². The summed E-state index contributed by atoms with van der Waals surface area (Å²) in [7, 11) is 0. The molecule has 0 saturated carbocycles.